The predicted octanol–water partition coefficient (Wildman–Crippen LogP) is 2.83. The van der Waals surface area contributed by atoms with Crippen LogP contribution in [0.3, 0.4) is 0 Å². The van der Waals surface area contributed by atoms with Crippen molar-refractivity contribution in [3.63, 3.8) is 0 Å². The molecular weight excluding hydrogens is 416 g/mol. The summed E-state index contributed by atoms with van der Waals surface area (Å²) < 4.78 is 33.3. The molecule has 3 aromatic rings. The topological polar surface area (TPSA) is 101 Å². The van der Waals surface area contributed by atoms with Crippen LogP contribution in [-0.2, 0) is 14.8 Å². The zero-order chi connectivity index (χ0) is 22.1. The van der Waals surface area contributed by atoms with Gasteiger partial charge in [0.15, 0.2) is 0 Å². The number of hydrazone groups is 1. The van der Waals surface area contributed by atoms with E-state index in [0.717, 1.165) is 9.87 Å². The standard InChI is InChI=1S/C22H22N4O4S/c1-2-30-21-11-7-6-10-20(21)26(31(28,29)19-8-4-3-5-9-19)17-22(27)25-24-16-18-12-14-23-15-13-18/h3-16H,2,17H2,1H3,(H,25,27)/b24-16-. The number of hydrogen-bond acceptors (Lipinski definition) is 6. The molecule has 0 bridgehead atoms. The van der Waals surface area contributed by atoms with Gasteiger partial charge in [0, 0.05) is 12.4 Å². The first-order chi connectivity index (χ1) is 15.0. The smallest absolute Gasteiger partial charge is 0.264 e. The van der Waals surface area contributed by atoms with Gasteiger partial charge in [0.1, 0.15) is 12.3 Å². The molecule has 160 valence electrons. The number of nitrogens with zero attached hydrogens (tertiary/aromatic N) is 3. The van der Waals surface area contributed by atoms with Crippen LogP contribution >= 0.6 is 0 Å². The molecule has 1 amide bonds. The monoisotopic (exact) mass is 438 g/mol. The van der Waals surface area contributed by atoms with Crippen molar-refractivity contribution < 1.29 is 17.9 Å². The average Bonchev–Trinajstić information content (AvgIpc) is 2.79. The maximum absolute atomic E-state index is 13.4. The number of rotatable bonds is 9. The van der Waals surface area contributed by atoms with Crippen molar-refractivity contribution >= 4 is 27.8 Å². The van der Waals surface area contributed by atoms with Crippen LogP contribution in [0.2, 0.25) is 0 Å². The third-order valence-corrected chi connectivity index (χ3v) is 5.94. The molecule has 0 unspecified atom stereocenters. The number of nitrogens with one attached hydrogen (secondary N) is 1. The van der Waals surface area contributed by atoms with E-state index >= 15 is 0 Å². The Morgan fingerprint density at radius 3 is 2.45 bits per heavy atom. The highest BCUT2D eigenvalue weighted by Gasteiger charge is 2.29. The number of carbonyl (C=O) groups excluding carboxylic acids is 1. The molecule has 1 aromatic heterocycles. The lowest BCUT2D eigenvalue weighted by atomic mass is 10.3. The summed E-state index contributed by atoms with van der Waals surface area (Å²) in [6.45, 7) is 1.67. The zero-order valence-corrected chi connectivity index (χ0v) is 17.7. The van der Waals surface area contributed by atoms with Crippen LogP contribution in [0.25, 0.3) is 0 Å². The van der Waals surface area contributed by atoms with E-state index in [2.05, 4.69) is 15.5 Å². The molecule has 0 aliphatic carbocycles. The molecule has 0 aliphatic heterocycles. The zero-order valence-electron chi connectivity index (χ0n) is 16.9. The van der Waals surface area contributed by atoms with Gasteiger partial charge in [-0.05, 0) is 48.9 Å². The SMILES string of the molecule is CCOc1ccccc1N(CC(=O)N/N=C\c1ccncc1)S(=O)(=O)c1ccccc1. The van der Waals surface area contributed by atoms with Crippen LogP contribution in [0.1, 0.15) is 12.5 Å². The Morgan fingerprint density at radius 2 is 1.74 bits per heavy atom. The number of amides is 1. The predicted molar refractivity (Wildman–Crippen MR) is 119 cm³/mol. The van der Waals surface area contributed by atoms with E-state index in [9.17, 15) is 13.2 Å². The van der Waals surface area contributed by atoms with E-state index in [-0.39, 0.29) is 10.6 Å². The molecule has 31 heavy (non-hydrogen) atoms. The first-order valence-electron chi connectivity index (χ1n) is 9.54. The molecular formula is C22H22N4O4S. The van der Waals surface area contributed by atoms with Crippen LogP contribution in [0.15, 0.2) is 89.1 Å². The Bertz CT molecular complexity index is 1140. The summed E-state index contributed by atoms with van der Waals surface area (Å²) in [7, 11) is -4.03. The fourth-order valence-corrected chi connectivity index (χ4v) is 4.21. The van der Waals surface area contributed by atoms with Gasteiger partial charge < -0.3 is 4.74 Å². The van der Waals surface area contributed by atoms with Gasteiger partial charge in [-0.15, -0.1) is 0 Å². The molecule has 0 saturated carbocycles. The number of sulfonamides is 1. The van der Waals surface area contributed by atoms with Crippen molar-refractivity contribution in [1.29, 1.82) is 0 Å². The van der Waals surface area contributed by atoms with E-state index in [1.165, 1.54) is 18.3 Å². The van der Waals surface area contributed by atoms with Crippen LogP contribution < -0.4 is 14.5 Å². The normalized spacial score (nSPS) is 11.3. The van der Waals surface area contributed by atoms with E-state index < -0.39 is 22.5 Å². The van der Waals surface area contributed by atoms with Gasteiger partial charge in [-0.2, -0.15) is 5.10 Å². The Labute approximate surface area is 181 Å². The molecule has 9 heteroatoms. The minimum atomic E-state index is -4.03. The molecule has 0 fully saturated rings. The third-order valence-electron chi connectivity index (χ3n) is 4.16. The molecule has 0 atom stereocenters. The molecule has 2 aromatic carbocycles. The highest BCUT2D eigenvalue weighted by atomic mass is 32.2. The Hall–Kier alpha value is -3.72. The van der Waals surface area contributed by atoms with Gasteiger partial charge in [0.2, 0.25) is 0 Å². The molecule has 0 radical (unpaired) electrons. The van der Waals surface area contributed by atoms with Crippen molar-refractivity contribution in [3.05, 3.63) is 84.7 Å². The van der Waals surface area contributed by atoms with Crippen molar-refractivity contribution in [2.24, 2.45) is 5.10 Å². The Kier molecular flexibility index (Phi) is 7.34. The average molecular weight is 439 g/mol. The van der Waals surface area contributed by atoms with E-state index in [1.54, 1.807) is 73.9 Å². The molecule has 1 heterocycles. The van der Waals surface area contributed by atoms with Gasteiger partial charge in [-0.25, -0.2) is 13.8 Å². The molecule has 3 rings (SSSR count). The number of para-hydroxylation sites is 2. The summed E-state index contributed by atoms with van der Waals surface area (Å²) >= 11 is 0. The summed E-state index contributed by atoms with van der Waals surface area (Å²) in [6, 6.07) is 18.0. The van der Waals surface area contributed by atoms with E-state index in [0.29, 0.717) is 12.4 Å². The molecule has 8 nitrogen and oxygen atoms in total. The van der Waals surface area contributed by atoms with Crippen molar-refractivity contribution in [2.75, 3.05) is 17.5 Å². The molecule has 1 N–H and O–H groups in total. The summed E-state index contributed by atoms with van der Waals surface area (Å²) in [5.41, 5.74) is 3.38. The van der Waals surface area contributed by atoms with Gasteiger partial charge in [-0.1, -0.05) is 30.3 Å². The number of hydrogen-bond donors (Lipinski definition) is 1. The first-order valence-corrected chi connectivity index (χ1v) is 11.0. The third kappa shape index (κ3) is 5.67. The van der Waals surface area contributed by atoms with Gasteiger partial charge in [0.25, 0.3) is 15.9 Å². The summed E-state index contributed by atoms with van der Waals surface area (Å²) in [5.74, 6) is -0.242. The number of pyridine rings is 1. The summed E-state index contributed by atoms with van der Waals surface area (Å²) in [6.07, 6.45) is 4.65. The Balaban J connectivity index is 1.89. The second-order valence-electron chi connectivity index (χ2n) is 6.30. The maximum Gasteiger partial charge on any atom is 0.264 e. The van der Waals surface area contributed by atoms with E-state index in [1.807, 2.05) is 0 Å². The van der Waals surface area contributed by atoms with Crippen LogP contribution in [-0.4, -0.2) is 38.7 Å². The minimum absolute atomic E-state index is 0.0642. The summed E-state index contributed by atoms with van der Waals surface area (Å²) in [5, 5.41) is 3.90. The van der Waals surface area contributed by atoms with Crippen molar-refractivity contribution in [3.8, 4) is 5.75 Å². The lowest BCUT2D eigenvalue weighted by Gasteiger charge is -2.25. The number of ether oxygens (including phenoxy) is 1. The quantitative estimate of drug-likeness (QED) is 0.409. The van der Waals surface area contributed by atoms with Crippen LogP contribution in [0.4, 0.5) is 5.69 Å². The summed E-state index contributed by atoms with van der Waals surface area (Å²) in [4.78, 5) is 16.6. The Morgan fingerprint density at radius 1 is 1.06 bits per heavy atom. The number of carbonyl (C=O) groups is 1. The fraction of sp³-hybridized carbons (Fsp3) is 0.136. The number of anilines is 1. The second kappa shape index (κ2) is 10.4. The first kappa shape index (κ1) is 22.0. The highest BCUT2D eigenvalue weighted by molar-refractivity contribution is 7.92. The largest absolute Gasteiger partial charge is 0.492 e. The van der Waals surface area contributed by atoms with E-state index in [4.69, 9.17) is 4.74 Å². The number of benzene rings is 2. The fourth-order valence-electron chi connectivity index (χ4n) is 2.75. The molecule has 0 aliphatic rings. The lowest BCUT2D eigenvalue weighted by molar-refractivity contribution is -0.119. The van der Waals surface area contributed by atoms with Gasteiger partial charge in [0.05, 0.1) is 23.4 Å². The number of aromatic nitrogens is 1. The minimum Gasteiger partial charge on any atom is -0.492 e. The van der Waals surface area contributed by atoms with Crippen molar-refractivity contribution in [2.45, 2.75) is 11.8 Å². The maximum atomic E-state index is 13.4. The molecule has 0 saturated heterocycles. The second-order valence-corrected chi connectivity index (χ2v) is 8.16. The van der Waals surface area contributed by atoms with Crippen LogP contribution in [0, 0.1) is 0 Å². The van der Waals surface area contributed by atoms with Crippen LogP contribution in [0.5, 0.6) is 5.75 Å². The van der Waals surface area contributed by atoms with Gasteiger partial charge in [-0.3, -0.25) is 14.1 Å². The lowest BCUT2D eigenvalue weighted by Crippen LogP contribution is -2.39. The highest BCUT2D eigenvalue weighted by Crippen LogP contribution is 2.32. The van der Waals surface area contributed by atoms with Crippen molar-refractivity contribution in [1.82, 2.24) is 10.4 Å². The molecule has 0 spiro atoms. The van der Waals surface area contributed by atoms with Gasteiger partial charge >= 0.3 is 0 Å².